The lowest BCUT2D eigenvalue weighted by molar-refractivity contribution is 0.0980. The minimum absolute atomic E-state index is 0.0205. The number of nitrogens with one attached hydrogen (secondary N) is 1. The van der Waals surface area contributed by atoms with Gasteiger partial charge in [0.25, 0.3) is 0 Å². The van der Waals surface area contributed by atoms with Gasteiger partial charge in [-0.15, -0.1) is 0 Å². The second kappa shape index (κ2) is 8.13. The number of fused-ring (bicyclic) bond motifs is 2. The highest BCUT2D eigenvalue weighted by Crippen LogP contribution is 2.42. The third kappa shape index (κ3) is 3.73. The molecule has 0 atom stereocenters. The Kier molecular flexibility index (Phi) is 5.72. The van der Waals surface area contributed by atoms with Gasteiger partial charge in [0.15, 0.2) is 11.6 Å². The summed E-state index contributed by atoms with van der Waals surface area (Å²) < 4.78 is 71.9. The Labute approximate surface area is 206 Å². The highest BCUT2D eigenvalue weighted by Gasteiger charge is 2.36. The average molecular weight is 530 g/mol. The molecule has 13 heteroatoms. The maximum Gasteiger partial charge on any atom is 0.196 e. The summed E-state index contributed by atoms with van der Waals surface area (Å²) in [6.07, 6.45) is 0. The Morgan fingerprint density at radius 3 is 1.78 bits per heavy atom. The van der Waals surface area contributed by atoms with Crippen LogP contribution in [0.1, 0.15) is 48.5 Å². The maximum atomic E-state index is 13.4. The molecule has 0 fully saturated rings. The van der Waals surface area contributed by atoms with E-state index in [-0.39, 0.29) is 50.4 Å². The van der Waals surface area contributed by atoms with Gasteiger partial charge in [0.2, 0.25) is 0 Å². The maximum absolute atomic E-state index is 13.4. The largest absolute Gasteiger partial charge is 0.744 e. The minimum atomic E-state index is -5.22. The van der Waals surface area contributed by atoms with Crippen LogP contribution in [0.4, 0.5) is 22.7 Å². The summed E-state index contributed by atoms with van der Waals surface area (Å²) in [5.74, 6) is -1.46. The van der Waals surface area contributed by atoms with Crippen molar-refractivity contribution in [2.45, 2.75) is 30.6 Å². The fourth-order valence-electron chi connectivity index (χ4n) is 4.51. The number of anilines is 4. The topological polar surface area (TPSA) is 213 Å². The molecule has 0 radical (unpaired) electrons. The molecule has 0 amide bonds. The van der Waals surface area contributed by atoms with E-state index >= 15 is 0 Å². The molecule has 0 saturated carbocycles. The van der Waals surface area contributed by atoms with Crippen molar-refractivity contribution in [3.63, 3.8) is 0 Å². The van der Waals surface area contributed by atoms with E-state index in [9.17, 15) is 35.5 Å². The predicted molar refractivity (Wildman–Crippen MR) is 128 cm³/mol. The van der Waals surface area contributed by atoms with Crippen molar-refractivity contribution in [1.82, 2.24) is 0 Å². The number of carbonyl (C=O) groups excluding carboxylic acids is 2. The molecule has 36 heavy (non-hydrogen) atoms. The number of carbonyl (C=O) groups is 2. The summed E-state index contributed by atoms with van der Waals surface area (Å²) in [7, 11) is -10.2. The molecule has 0 saturated heterocycles. The van der Waals surface area contributed by atoms with E-state index in [1.54, 1.807) is 0 Å². The second-order valence-electron chi connectivity index (χ2n) is 8.32. The fourth-order valence-corrected chi connectivity index (χ4v) is 6.11. The van der Waals surface area contributed by atoms with Crippen molar-refractivity contribution in [3.05, 3.63) is 69.3 Å². The first-order valence-corrected chi connectivity index (χ1v) is 13.1. The summed E-state index contributed by atoms with van der Waals surface area (Å²) in [6.45, 7) is 4.19. The van der Waals surface area contributed by atoms with Crippen LogP contribution in [0.5, 0.6) is 0 Å². The van der Waals surface area contributed by atoms with Crippen LogP contribution in [-0.2, 0) is 20.2 Å². The SMILES string of the molecule is Cc1c(N)c(C)c(S(=O)(=O)[O-])c(C)c1Nc1cc(S(=O)(=O)[O-])c(N)c2c1C(=O)c1ccccc1C2=O. The predicted octanol–water partition coefficient (Wildman–Crippen LogP) is 2.10. The molecule has 0 aliphatic heterocycles. The molecule has 11 nitrogen and oxygen atoms in total. The first-order chi connectivity index (χ1) is 16.6. The second-order valence-corrected chi connectivity index (χ2v) is 11.0. The number of ketones is 2. The van der Waals surface area contributed by atoms with Gasteiger partial charge in [-0.05, 0) is 43.5 Å². The molecule has 5 N–H and O–H groups in total. The van der Waals surface area contributed by atoms with Crippen LogP contribution in [0.2, 0.25) is 0 Å². The molecule has 0 unspecified atom stereocenters. The van der Waals surface area contributed by atoms with Crippen LogP contribution in [0.15, 0.2) is 40.1 Å². The number of nitrogen functional groups attached to an aromatic ring is 2. The molecular formula is C23H19N3O8S2-2. The molecule has 0 spiro atoms. The van der Waals surface area contributed by atoms with Gasteiger partial charge in [-0.2, -0.15) is 0 Å². The lowest BCUT2D eigenvalue weighted by Crippen LogP contribution is -2.25. The van der Waals surface area contributed by atoms with E-state index in [1.165, 1.54) is 45.0 Å². The van der Waals surface area contributed by atoms with Crippen LogP contribution >= 0.6 is 0 Å². The van der Waals surface area contributed by atoms with Gasteiger partial charge in [0, 0.05) is 22.5 Å². The monoisotopic (exact) mass is 529 g/mol. The van der Waals surface area contributed by atoms with Gasteiger partial charge in [0.1, 0.15) is 20.2 Å². The first-order valence-electron chi connectivity index (χ1n) is 10.3. The van der Waals surface area contributed by atoms with Crippen molar-refractivity contribution in [2.24, 2.45) is 0 Å². The van der Waals surface area contributed by atoms with Crippen LogP contribution in [0.25, 0.3) is 0 Å². The summed E-state index contributed by atoms with van der Waals surface area (Å²) in [5, 5.41) is 2.76. The number of benzene rings is 3. The lowest BCUT2D eigenvalue weighted by Gasteiger charge is -2.27. The number of hydrogen-bond donors (Lipinski definition) is 3. The van der Waals surface area contributed by atoms with Gasteiger partial charge >= 0.3 is 0 Å². The average Bonchev–Trinajstić information content (AvgIpc) is 2.77. The quantitative estimate of drug-likeness (QED) is 0.257. The zero-order valence-corrected chi connectivity index (χ0v) is 20.8. The summed E-state index contributed by atoms with van der Waals surface area (Å²) in [4.78, 5) is 25.2. The fraction of sp³-hybridized carbons (Fsp3) is 0.130. The molecule has 0 aromatic heterocycles. The molecule has 1 aliphatic rings. The molecule has 3 aromatic rings. The number of rotatable bonds is 4. The van der Waals surface area contributed by atoms with Crippen molar-refractivity contribution >= 4 is 54.6 Å². The molecule has 1 aliphatic carbocycles. The standard InChI is InChI=1S/C23H21N3O8S2/c1-9-18(24)10(2)23(36(32,33)34)11(3)20(9)26-14-8-15(35(29,30)31)19(25)17-16(14)21(27)12-6-4-5-7-13(12)22(17)28/h4-8,26H,24-25H2,1-3H3,(H,29,30,31)(H,32,33,34)/p-2. The highest BCUT2D eigenvalue weighted by molar-refractivity contribution is 7.86. The third-order valence-corrected chi connectivity index (χ3v) is 8.21. The molecular weight excluding hydrogens is 510 g/mol. The van der Waals surface area contributed by atoms with Crippen molar-refractivity contribution in [3.8, 4) is 0 Å². The zero-order chi connectivity index (χ0) is 26.9. The van der Waals surface area contributed by atoms with E-state index in [2.05, 4.69) is 5.32 Å². The lowest BCUT2D eigenvalue weighted by atomic mass is 9.82. The number of hydrogen-bond acceptors (Lipinski definition) is 11. The van der Waals surface area contributed by atoms with Crippen LogP contribution in [0.3, 0.4) is 0 Å². The van der Waals surface area contributed by atoms with E-state index < -0.39 is 52.8 Å². The molecule has 0 bridgehead atoms. The van der Waals surface area contributed by atoms with Crippen LogP contribution in [0, 0.1) is 20.8 Å². The van der Waals surface area contributed by atoms with E-state index in [0.717, 1.165) is 6.07 Å². The Morgan fingerprint density at radius 2 is 1.28 bits per heavy atom. The van der Waals surface area contributed by atoms with Crippen molar-refractivity contribution < 1.29 is 35.5 Å². The van der Waals surface area contributed by atoms with Gasteiger partial charge in [-0.3, -0.25) is 9.59 Å². The Bertz CT molecular complexity index is 1740. The molecule has 188 valence electrons. The minimum Gasteiger partial charge on any atom is -0.744 e. The van der Waals surface area contributed by atoms with Gasteiger partial charge in [-0.1, -0.05) is 24.3 Å². The molecule has 3 aromatic carbocycles. The molecule has 0 heterocycles. The van der Waals surface area contributed by atoms with Gasteiger partial charge in [0.05, 0.1) is 32.3 Å². The van der Waals surface area contributed by atoms with Gasteiger partial charge in [-0.25, -0.2) is 16.8 Å². The Hall–Kier alpha value is -3.78. The Balaban J connectivity index is 2.10. The highest BCUT2D eigenvalue weighted by atomic mass is 32.2. The van der Waals surface area contributed by atoms with Crippen LogP contribution < -0.4 is 16.8 Å². The van der Waals surface area contributed by atoms with Crippen LogP contribution in [-0.4, -0.2) is 37.5 Å². The van der Waals surface area contributed by atoms with Gasteiger partial charge < -0.3 is 25.9 Å². The zero-order valence-electron chi connectivity index (χ0n) is 19.1. The van der Waals surface area contributed by atoms with E-state index in [4.69, 9.17) is 11.5 Å². The van der Waals surface area contributed by atoms with E-state index in [0.29, 0.717) is 0 Å². The summed E-state index contributed by atoms with van der Waals surface area (Å²) in [5.41, 5.74) is 10.4. The summed E-state index contributed by atoms with van der Waals surface area (Å²) in [6, 6.07) is 6.60. The third-order valence-electron chi connectivity index (χ3n) is 6.22. The van der Waals surface area contributed by atoms with Crippen molar-refractivity contribution in [2.75, 3.05) is 16.8 Å². The first kappa shape index (κ1) is 25.3. The smallest absolute Gasteiger partial charge is 0.196 e. The summed E-state index contributed by atoms with van der Waals surface area (Å²) >= 11 is 0. The number of nitrogens with two attached hydrogens (primary N) is 2. The molecule has 4 rings (SSSR count). The normalized spacial score (nSPS) is 13.4. The van der Waals surface area contributed by atoms with E-state index in [1.807, 2.05) is 0 Å². The van der Waals surface area contributed by atoms with Crippen molar-refractivity contribution in [1.29, 1.82) is 0 Å². The Morgan fingerprint density at radius 1 is 0.750 bits per heavy atom.